The predicted molar refractivity (Wildman–Crippen MR) is 92.2 cm³/mol. The van der Waals surface area contributed by atoms with Crippen molar-refractivity contribution >= 4 is 10.0 Å². The summed E-state index contributed by atoms with van der Waals surface area (Å²) in [4.78, 5) is 0.102. The zero-order valence-electron chi connectivity index (χ0n) is 14.2. The zero-order chi connectivity index (χ0) is 17.9. The first-order valence-corrected chi connectivity index (χ1v) is 9.18. The average Bonchev–Trinajstić information content (AvgIpc) is 2.54. The van der Waals surface area contributed by atoms with Crippen LogP contribution >= 0.6 is 0 Å². The lowest BCUT2D eigenvalue weighted by Gasteiger charge is -2.17. The lowest BCUT2D eigenvalue weighted by atomic mass is 10.0. The van der Waals surface area contributed by atoms with E-state index in [1.807, 2.05) is 19.9 Å². The van der Waals surface area contributed by atoms with Gasteiger partial charge < -0.3 is 4.74 Å². The van der Waals surface area contributed by atoms with Crippen molar-refractivity contribution in [3.05, 3.63) is 59.4 Å². The summed E-state index contributed by atoms with van der Waals surface area (Å²) in [6, 6.07) is 10.4. The summed E-state index contributed by atoms with van der Waals surface area (Å²) in [6.45, 7) is 5.70. The van der Waals surface area contributed by atoms with E-state index in [4.69, 9.17) is 4.74 Å². The van der Waals surface area contributed by atoms with E-state index in [0.29, 0.717) is 11.3 Å². The largest absolute Gasteiger partial charge is 0.495 e. The molecule has 0 aromatic heterocycles. The van der Waals surface area contributed by atoms with Gasteiger partial charge in [-0.05, 0) is 48.2 Å². The molecule has 1 atom stereocenters. The molecule has 0 amide bonds. The highest BCUT2D eigenvalue weighted by Crippen LogP contribution is 2.29. The number of rotatable bonds is 6. The van der Waals surface area contributed by atoms with Gasteiger partial charge in [0.1, 0.15) is 16.5 Å². The second kappa shape index (κ2) is 7.32. The maximum absolute atomic E-state index is 13.0. The van der Waals surface area contributed by atoms with Gasteiger partial charge in [0, 0.05) is 6.04 Å². The average molecular weight is 351 g/mol. The van der Waals surface area contributed by atoms with E-state index in [9.17, 15) is 12.8 Å². The highest BCUT2D eigenvalue weighted by Gasteiger charge is 2.23. The Hall–Kier alpha value is -1.92. The van der Waals surface area contributed by atoms with E-state index >= 15 is 0 Å². The molecule has 1 N–H and O–H groups in total. The van der Waals surface area contributed by atoms with Crippen LogP contribution in [-0.4, -0.2) is 15.5 Å². The van der Waals surface area contributed by atoms with Gasteiger partial charge in [-0.3, -0.25) is 0 Å². The molecule has 0 aliphatic heterocycles. The smallest absolute Gasteiger partial charge is 0.244 e. The molecule has 0 radical (unpaired) electrons. The molecule has 0 spiro atoms. The fourth-order valence-electron chi connectivity index (χ4n) is 2.38. The van der Waals surface area contributed by atoms with Gasteiger partial charge in [0.2, 0.25) is 10.0 Å². The van der Waals surface area contributed by atoms with Crippen molar-refractivity contribution in [2.24, 2.45) is 0 Å². The summed E-state index contributed by atoms with van der Waals surface area (Å²) in [7, 11) is -2.35. The molecule has 6 heteroatoms. The first-order chi connectivity index (χ1) is 11.2. The van der Waals surface area contributed by atoms with Gasteiger partial charge in [-0.15, -0.1) is 0 Å². The van der Waals surface area contributed by atoms with Gasteiger partial charge in [-0.1, -0.05) is 32.0 Å². The van der Waals surface area contributed by atoms with Crippen LogP contribution < -0.4 is 9.46 Å². The first kappa shape index (κ1) is 18.4. The Kier molecular flexibility index (Phi) is 5.62. The normalized spacial score (nSPS) is 13.1. The molecule has 2 aromatic rings. The third kappa shape index (κ3) is 4.13. The summed E-state index contributed by atoms with van der Waals surface area (Å²) >= 11 is 0. The minimum atomic E-state index is -3.79. The minimum Gasteiger partial charge on any atom is -0.495 e. The van der Waals surface area contributed by atoms with Crippen molar-refractivity contribution in [3.63, 3.8) is 0 Å². The molecule has 0 heterocycles. The van der Waals surface area contributed by atoms with Crippen molar-refractivity contribution in [2.75, 3.05) is 7.11 Å². The molecule has 4 nitrogen and oxygen atoms in total. The van der Waals surface area contributed by atoms with Crippen molar-refractivity contribution in [1.82, 2.24) is 4.72 Å². The lowest BCUT2D eigenvalue weighted by molar-refractivity contribution is 0.401. The third-order valence-corrected chi connectivity index (χ3v) is 5.41. The molecule has 0 bridgehead atoms. The fraction of sp³-hybridized carbons (Fsp3) is 0.333. The number of halogens is 1. The monoisotopic (exact) mass is 351 g/mol. The SMILES string of the molecule is COc1ccc(C(C)C)cc1S(=O)(=O)N[C@@H](C)c1ccc(F)cc1. The number of methoxy groups -OCH3 is 1. The standard InChI is InChI=1S/C18H22FNO3S/c1-12(2)15-7-10-17(23-4)18(11-15)24(21,22)20-13(3)14-5-8-16(19)9-6-14/h5-13,20H,1-4H3/t13-/m0/s1. The summed E-state index contributed by atoms with van der Waals surface area (Å²) in [5, 5.41) is 0. The molecule has 0 aliphatic rings. The van der Waals surface area contributed by atoms with Crippen molar-refractivity contribution < 1.29 is 17.5 Å². The maximum atomic E-state index is 13.0. The van der Waals surface area contributed by atoms with E-state index in [-0.39, 0.29) is 16.6 Å². The zero-order valence-corrected chi connectivity index (χ0v) is 15.0. The number of benzene rings is 2. The van der Waals surface area contributed by atoms with Crippen molar-refractivity contribution in [2.45, 2.75) is 37.6 Å². The van der Waals surface area contributed by atoms with Gasteiger partial charge >= 0.3 is 0 Å². The van der Waals surface area contributed by atoms with Gasteiger partial charge in [0.05, 0.1) is 7.11 Å². The molecule has 0 fully saturated rings. The quantitative estimate of drug-likeness (QED) is 0.856. The Morgan fingerprint density at radius 1 is 1.00 bits per heavy atom. The van der Waals surface area contributed by atoms with Crippen LogP contribution in [0.1, 0.15) is 43.9 Å². The molecular formula is C18H22FNO3S. The first-order valence-electron chi connectivity index (χ1n) is 7.70. The topological polar surface area (TPSA) is 55.4 Å². The fourth-order valence-corrected chi connectivity index (χ4v) is 3.81. The molecule has 0 saturated carbocycles. The number of hydrogen-bond acceptors (Lipinski definition) is 3. The molecular weight excluding hydrogens is 329 g/mol. The molecule has 130 valence electrons. The van der Waals surface area contributed by atoms with E-state index in [1.165, 1.54) is 19.2 Å². The van der Waals surface area contributed by atoms with Crippen LogP contribution in [0.3, 0.4) is 0 Å². The minimum absolute atomic E-state index is 0.102. The van der Waals surface area contributed by atoms with Crippen LogP contribution in [0.25, 0.3) is 0 Å². The number of hydrogen-bond donors (Lipinski definition) is 1. The van der Waals surface area contributed by atoms with Gasteiger partial charge in [-0.2, -0.15) is 0 Å². The third-order valence-electron chi connectivity index (χ3n) is 3.85. The molecule has 2 rings (SSSR count). The Morgan fingerprint density at radius 3 is 2.12 bits per heavy atom. The van der Waals surface area contributed by atoms with Crippen LogP contribution in [0.4, 0.5) is 4.39 Å². The van der Waals surface area contributed by atoms with E-state index < -0.39 is 16.1 Å². The van der Waals surface area contributed by atoms with Gasteiger partial charge in [0.25, 0.3) is 0 Å². The summed E-state index contributed by atoms with van der Waals surface area (Å²) in [5.74, 6) is 0.123. The summed E-state index contributed by atoms with van der Waals surface area (Å²) in [5.41, 5.74) is 1.59. The Bertz CT molecular complexity index is 802. The van der Waals surface area contributed by atoms with E-state index in [2.05, 4.69) is 4.72 Å². The molecule has 2 aromatic carbocycles. The Balaban J connectivity index is 2.35. The van der Waals surface area contributed by atoms with Crippen molar-refractivity contribution in [3.8, 4) is 5.75 Å². The molecule has 24 heavy (non-hydrogen) atoms. The van der Waals surface area contributed by atoms with Gasteiger partial charge in [0.15, 0.2) is 0 Å². The highest BCUT2D eigenvalue weighted by atomic mass is 32.2. The maximum Gasteiger partial charge on any atom is 0.244 e. The van der Waals surface area contributed by atoms with Crippen LogP contribution in [-0.2, 0) is 10.0 Å². The van der Waals surface area contributed by atoms with E-state index in [1.54, 1.807) is 31.2 Å². The van der Waals surface area contributed by atoms with Crippen LogP contribution in [0.15, 0.2) is 47.4 Å². The van der Waals surface area contributed by atoms with Crippen LogP contribution in [0.5, 0.6) is 5.75 Å². The second-order valence-corrected chi connectivity index (χ2v) is 7.64. The Labute approximate surface area is 142 Å². The molecule has 0 unspecified atom stereocenters. The number of ether oxygens (including phenoxy) is 1. The van der Waals surface area contributed by atoms with E-state index in [0.717, 1.165) is 5.56 Å². The summed E-state index contributed by atoms with van der Waals surface area (Å²) in [6.07, 6.45) is 0. The highest BCUT2D eigenvalue weighted by molar-refractivity contribution is 7.89. The summed E-state index contributed by atoms with van der Waals surface area (Å²) < 4.78 is 46.4. The predicted octanol–water partition coefficient (Wildman–Crippen LogP) is 4.00. The van der Waals surface area contributed by atoms with Crippen molar-refractivity contribution in [1.29, 1.82) is 0 Å². The Morgan fingerprint density at radius 2 is 1.58 bits per heavy atom. The molecule has 0 aliphatic carbocycles. The number of sulfonamides is 1. The van der Waals surface area contributed by atoms with Crippen LogP contribution in [0.2, 0.25) is 0 Å². The lowest BCUT2D eigenvalue weighted by Crippen LogP contribution is -2.27. The second-order valence-electron chi connectivity index (χ2n) is 5.96. The number of nitrogens with one attached hydrogen (secondary N) is 1. The van der Waals surface area contributed by atoms with Gasteiger partial charge in [-0.25, -0.2) is 17.5 Å². The van der Waals surface area contributed by atoms with Crippen LogP contribution in [0, 0.1) is 5.82 Å². The molecule has 0 saturated heterocycles.